The van der Waals surface area contributed by atoms with E-state index in [2.05, 4.69) is 27.3 Å². The highest BCUT2D eigenvalue weighted by atomic mass is 32.2. The molecule has 4 rings (SSSR count). The number of anilines is 2. The number of nitrogens with zero attached hydrogens (tertiary/aromatic N) is 4. The largest absolute Gasteiger partial charge is 0.361 e. The summed E-state index contributed by atoms with van der Waals surface area (Å²) >= 11 is 0. The predicted octanol–water partition coefficient (Wildman–Crippen LogP) is 2.91. The van der Waals surface area contributed by atoms with E-state index in [0.29, 0.717) is 37.7 Å². The molecular formula is C25H29N5O3S. The van der Waals surface area contributed by atoms with Crippen LogP contribution in [0, 0.1) is 0 Å². The summed E-state index contributed by atoms with van der Waals surface area (Å²) in [6, 6.07) is 19.8. The molecule has 34 heavy (non-hydrogen) atoms. The van der Waals surface area contributed by atoms with Gasteiger partial charge in [0.25, 0.3) is 5.91 Å². The Morgan fingerprint density at radius 3 is 2.41 bits per heavy atom. The Morgan fingerprint density at radius 2 is 1.71 bits per heavy atom. The molecular weight excluding hydrogens is 450 g/mol. The van der Waals surface area contributed by atoms with Gasteiger partial charge in [-0.25, -0.2) is 13.4 Å². The summed E-state index contributed by atoms with van der Waals surface area (Å²) in [5, 5.41) is 2.84. The van der Waals surface area contributed by atoms with Crippen molar-refractivity contribution < 1.29 is 13.2 Å². The lowest BCUT2D eigenvalue weighted by Gasteiger charge is -2.34. The van der Waals surface area contributed by atoms with Gasteiger partial charge in [-0.15, -0.1) is 0 Å². The molecule has 8 nitrogen and oxygen atoms in total. The molecule has 1 aromatic heterocycles. The molecule has 0 radical (unpaired) electrons. The first-order chi connectivity index (χ1) is 16.3. The molecule has 2 heterocycles. The van der Waals surface area contributed by atoms with Gasteiger partial charge in [0.15, 0.2) is 5.82 Å². The second kappa shape index (κ2) is 10.3. The minimum Gasteiger partial charge on any atom is -0.361 e. The fourth-order valence-electron chi connectivity index (χ4n) is 3.96. The lowest BCUT2D eigenvalue weighted by Crippen LogP contribution is -2.48. The summed E-state index contributed by atoms with van der Waals surface area (Å²) in [4.78, 5) is 21.3. The van der Waals surface area contributed by atoms with Crippen molar-refractivity contribution in [3.8, 4) is 0 Å². The van der Waals surface area contributed by atoms with E-state index in [1.807, 2.05) is 32.3 Å². The van der Waals surface area contributed by atoms with Gasteiger partial charge in [0.05, 0.1) is 10.6 Å². The molecule has 3 aromatic rings. The summed E-state index contributed by atoms with van der Waals surface area (Å²) in [5.74, 6) is 0.230. The lowest BCUT2D eigenvalue weighted by molar-refractivity contribution is 0.102. The number of sulfonamides is 1. The van der Waals surface area contributed by atoms with Crippen molar-refractivity contribution >= 4 is 27.4 Å². The Balaban J connectivity index is 1.44. The van der Waals surface area contributed by atoms with Crippen LogP contribution in [0.4, 0.5) is 11.5 Å². The second-order valence-corrected chi connectivity index (χ2v) is 10.4. The molecule has 0 saturated carbocycles. The minimum atomic E-state index is -3.70. The van der Waals surface area contributed by atoms with Crippen molar-refractivity contribution in [3.05, 3.63) is 84.1 Å². The molecule has 9 heteroatoms. The molecule has 0 atom stereocenters. The number of piperazine rings is 1. The molecule has 1 N–H and O–H groups in total. The molecule has 0 spiro atoms. The molecule has 1 aliphatic heterocycles. The Morgan fingerprint density at radius 1 is 0.971 bits per heavy atom. The van der Waals surface area contributed by atoms with Gasteiger partial charge in [0.2, 0.25) is 10.0 Å². The number of pyridine rings is 1. The average molecular weight is 480 g/mol. The monoisotopic (exact) mass is 479 g/mol. The zero-order valence-corrected chi connectivity index (χ0v) is 20.2. The topological polar surface area (TPSA) is 85.8 Å². The van der Waals surface area contributed by atoms with Gasteiger partial charge in [0.1, 0.15) is 0 Å². The number of carbonyl (C=O) groups is 1. The van der Waals surface area contributed by atoms with Crippen LogP contribution in [-0.4, -0.2) is 68.8 Å². The summed E-state index contributed by atoms with van der Waals surface area (Å²) in [6.45, 7) is 2.93. The van der Waals surface area contributed by atoms with E-state index in [-0.39, 0.29) is 16.4 Å². The maximum absolute atomic E-state index is 13.3. The zero-order chi connectivity index (χ0) is 24.1. The van der Waals surface area contributed by atoms with Gasteiger partial charge in [0, 0.05) is 58.6 Å². The Hall–Kier alpha value is -3.27. The molecule has 0 unspecified atom stereocenters. The number of rotatable bonds is 7. The molecule has 1 aliphatic rings. The fourth-order valence-corrected chi connectivity index (χ4v) is 5.43. The predicted molar refractivity (Wildman–Crippen MR) is 133 cm³/mol. The Kier molecular flexibility index (Phi) is 7.26. The molecule has 2 aromatic carbocycles. The molecule has 178 valence electrons. The number of benzene rings is 2. The van der Waals surface area contributed by atoms with E-state index in [1.54, 1.807) is 35.4 Å². The van der Waals surface area contributed by atoms with Crippen LogP contribution in [0.3, 0.4) is 0 Å². The second-order valence-electron chi connectivity index (χ2n) is 8.42. The van der Waals surface area contributed by atoms with Gasteiger partial charge in [-0.05, 0) is 35.9 Å². The number of aromatic nitrogens is 1. The SMILES string of the molecule is CN(C)c1ncccc1NC(=O)c1cccc(S(=O)(=O)N2CCN(Cc3ccccc3)CC2)c1. The van der Waals surface area contributed by atoms with Crippen molar-refractivity contribution in [1.82, 2.24) is 14.2 Å². The number of hydrogen-bond acceptors (Lipinski definition) is 6. The molecule has 1 saturated heterocycles. The van der Waals surface area contributed by atoms with Crippen LogP contribution in [0.15, 0.2) is 77.8 Å². The summed E-state index contributed by atoms with van der Waals surface area (Å²) in [7, 11) is -0.0265. The fraction of sp³-hybridized carbons (Fsp3) is 0.280. The first kappa shape index (κ1) is 23.9. The van der Waals surface area contributed by atoms with Crippen LogP contribution < -0.4 is 10.2 Å². The van der Waals surface area contributed by atoms with E-state index in [4.69, 9.17) is 0 Å². The highest BCUT2D eigenvalue weighted by Crippen LogP contribution is 2.23. The van der Waals surface area contributed by atoms with Crippen LogP contribution in [0.1, 0.15) is 15.9 Å². The van der Waals surface area contributed by atoms with Crippen molar-refractivity contribution in [2.75, 3.05) is 50.5 Å². The number of nitrogens with one attached hydrogen (secondary N) is 1. The highest BCUT2D eigenvalue weighted by molar-refractivity contribution is 7.89. The van der Waals surface area contributed by atoms with Crippen molar-refractivity contribution in [2.45, 2.75) is 11.4 Å². The standard InChI is InChI=1S/C25H29N5O3S/c1-28(2)24-23(12-7-13-26-24)27-25(31)21-10-6-11-22(18-21)34(32,33)30-16-14-29(15-17-30)19-20-8-4-3-5-9-20/h3-13,18H,14-17,19H2,1-2H3,(H,27,31). The summed E-state index contributed by atoms with van der Waals surface area (Å²) in [5.41, 5.74) is 2.04. The maximum atomic E-state index is 13.3. The van der Waals surface area contributed by atoms with Crippen LogP contribution in [-0.2, 0) is 16.6 Å². The van der Waals surface area contributed by atoms with Gasteiger partial charge in [-0.1, -0.05) is 36.4 Å². The van der Waals surface area contributed by atoms with Crippen LogP contribution >= 0.6 is 0 Å². The minimum absolute atomic E-state index is 0.121. The van der Waals surface area contributed by atoms with Gasteiger partial charge in [-0.2, -0.15) is 4.31 Å². The van der Waals surface area contributed by atoms with E-state index in [9.17, 15) is 13.2 Å². The molecule has 1 amide bonds. The van der Waals surface area contributed by atoms with Crippen LogP contribution in [0.5, 0.6) is 0 Å². The van der Waals surface area contributed by atoms with Crippen molar-refractivity contribution in [1.29, 1.82) is 0 Å². The third kappa shape index (κ3) is 5.44. The van der Waals surface area contributed by atoms with E-state index in [0.717, 1.165) is 6.54 Å². The molecule has 0 bridgehead atoms. The van der Waals surface area contributed by atoms with Gasteiger partial charge in [-0.3, -0.25) is 9.69 Å². The van der Waals surface area contributed by atoms with Gasteiger partial charge < -0.3 is 10.2 Å². The first-order valence-corrected chi connectivity index (χ1v) is 12.6. The van der Waals surface area contributed by atoms with Crippen molar-refractivity contribution in [3.63, 3.8) is 0 Å². The van der Waals surface area contributed by atoms with Crippen molar-refractivity contribution in [2.24, 2.45) is 0 Å². The quantitative estimate of drug-likeness (QED) is 0.561. The lowest BCUT2D eigenvalue weighted by atomic mass is 10.2. The van der Waals surface area contributed by atoms with E-state index < -0.39 is 10.0 Å². The number of amides is 1. The number of carbonyl (C=O) groups excluding carboxylic acids is 1. The summed E-state index contributed by atoms with van der Waals surface area (Å²) < 4.78 is 28.1. The smallest absolute Gasteiger partial charge is 0.255 e. The third-order valence-corrected chi connectivity index (χ3v) is 7.67. The maximum Gasteiger partial charge on any atom is 0.255 e. The summed E-state index contributed by atoms with van der Waals surface area (Å²) in [6.07, 6.45) is 1.65. The molecule has 1 fully saturated rings. The highest BCUT2D eigenvalue weighted by Gasteiger charge is 2.29. The van der Waals surface area contributed by atoms with Crippen LogP contribution in [0.2, 0.25) is 0 Å². The van der Waals surface area contributed by atoms with Crippen LogP contribution in [0.25, 0.3) is 0 Å². The van der Waals surface area contributed by atoms with Gasteiger partial charge >= 0.3 is 0 Å². The average Bonchev–Trinajstić information content (AvgIpc) is 2.85. The van der Waals surface area contributed by atoms with E-state index in [1.165, 1.54) is 22.0 Å². The van der Waals surface area contributed by atoms with E-state index >= 15 is 0 Å². The number of hydrogen-bond donors (Lipinski definition) is 1. The Bertz CT molecular complexity index is 1240. The Labute approximate surface area is 200 Å². The zero-order valence-electron chi connectivity index (χ0n) is 19.4. The molecule has 0 aliphatic carbocycles. The normalized spacial score (nSPS) is 15.1. The third-order valence-electron chi connectivity index (χ3n) is 5.77. The first-order valence-electron chi connectivity index (χ1n) is 11.1.